The molecule has 112 valence electrons. The Labute approximate surface area is 121 Å². The molecule has 0 aromatic rings. The zero-order valence-electron chi connectivity index (χ0n) is 12.6. The second-order valence-corrected chi connectivity index (χ2v) is 11.3. The molecule has 0 radical (unpaired) electrons. The van der Waals surface area contributed by atoms with Gasteiger partial charge in [0.25, 0.3) is 0 Å². The second-order valence-electron chi connectivity index (χ2n) is 6.58. The van der Waals surface area contributed by atoms with Crippen LogP contribution in [-0.4, -0.2) is 32.7 Å². The van der Waals surface area contributed by atoms with Gasteiger partial charge in [-0.25, -0.2) is 4.79 Å². The molecule has 2 rings (SSSR count). The second kappa shape index (κ2) is 6.12. The van der Waals surface area contributed by atoms with Crippen molar-refractivity contribution in [1.29, 1.82) is 0 Å². The van der Waals surface area contributed by atoms with Gasteiger partial charge >= 0.3 is 11.9 Å². The molecule has 5 heteroatoms. The van der Waals surface area contributed by atoms with Gasteiger partial charge in [0.15, 0.2) is 6.61 Å². The zero-order valence-corrected chi connectivity index (χ0v) is 13.6. The minimum absolute atomic E-state index is 0.0214. The van der Waals surface area contributed by atoms with Crippen molar-refractivity contribution < 1.29 is 19.1 Å². The van der Waals surface area contributed by atoms with Gasteiger partial charge in [0, 0.05) is 0 Å². The van der Waals surface area contributed by atoms with E-state index in [-0.39, 0.29) is 24.6 Å². The van der Waals surface area contributed by atoms with Crippen molar-refractivity contribution >= 4 is 20.0 Å². The number of carbonyl (C=O) groups excluding carboxylic acids is 2. The van der Waals surface area contributed by atoms with Gasteiger partial charge in [-0.15, -0.1) is 0 Å². The van der Waals surface area contributed by atoms with Gasteiger partial charge in [-0.2, -0.15) is 0 Å². The molecule has 1 aliphatic heterocycles. The van der Waals surface area contributed by atoms with Crippen LogP contribution < -0.4 is 0 Å². The lowest BCUT2D eigenvalue weighted by molar-refractivity contribution is -0.161. The summed E-state index contributed by atoms with van der Waals surface area (Å²) in [5.41, 5.74) is 3.58. The average molecular weight is 296 g/mol. The minimum atomic E-state index is -1.25. The number of esters is 2. The Bertz CT molecular complexity index is 424. The third-order valence-corrected chi connectivity index (χ3v) is 6.73. The lowest BCUT2D eigenvalue weighted by Gasteiger charge is -2.28. The van der Waals surface area contributed by atoms with Gasteiger partial charge in [-0.3, -0.25) is 4.79 Å². The van der Waals surface area contributed by atoms with Crippen LogP contribution >= 0.6 is 0 Å². The molecule has 0 amide bonds. The Morgan fingerprint density at radius 2 is 2.10 bits per heavy atom. The maximum Gasteiger partial charge on any atom is 0.344 e. The Balaban J connectivity index is 1.78. The summed E-state index contributed by atoms with van der Waals surface area (Å²) in [7, 11) is -1.25. The highest BCUT2D eigenvalue weighted by atomic mass is 28.3. The SMILES string of the molecule is CC(OC(=O)COC(=O)C1CC1)C1=C[Si](C)(C)CCC1. The normalized spacial score (nSPS) is 22.6. The van der Waals surface area contributed by atoms with E-state index in [9.17, 15) is 9.59 Å². The molecule has 0 spiro atoms. The first-order valence-corrected chi connectivity index (χ1v) is 10.7. The first kappa shape index (κ1) is 15.3. The standard InChI is InChI=1S/C15H24O4Si/c1-11(13-5-4-8-20(2,3)10-13)19-14(16)9-18-15(17)12-6-7-12/h10-12H,4-9H2,1-3H3. The van der Waals surface area contributed by atoms with Gasteiger partial charge in [0.05, 0.1) is 14.0 Å². The fraction of sp³-hybridized carbons (Fsp3) is 0.733. The Morgan fingerprint density at radius 3 is 2.70 bits per heavy atom. The molecule has 1 fully saturated rings. The van der Waals surface area contributed by atoms with Crippen LogP contribution in [0, 0.1) is 5.92 Å². The maximum atomic E-state index is 11.7. The van der Waals surface area contributed by atoms with E-state index >= 15 is 0 Å². The van der Waals surface area contributed by atoms with Crippen LogP contribution in [-0.2, 0) is 19.1 Å². The highest BCUT2D eigenvalue weighted by Crippen LogP contribution is 2.30. The van der Waals surface area contributed by atoms with Crippen LogP contribution in [0.5, 0.6) is 0 Å². The van der Waals surface area contributed by atoms with Crippen LogP contribution in [0.25, 0.3) is 0 Å². The van der Waals surface area contributed by atoms with E-state index in [1.807, 2.05) is 6.92 Å². The number of hydrogen-bond donors (Lipinski definition) is 0. The summed E-state index contributed by atoms with van der Waals surface area (Å²) >= 11 is 0. The molecule has 1 aliphatic carbocycles. The molecule has 1 saturated carbocycles. The van der Waals surface area contributed by atoms with E-state index in [2.05, 4.69) is 18.8 Å². The average Bonchev–Trinajstić information content (AvgIpc) is 3.18. The lowest BCUT2D eigenvalue weighted by Crippen LogP contribution is -2.30. The highest BCUT2D eigenvalue weighted by Gasteiger charge is 2.32. The number of carbonyl (C=O) groups is 2. The van der Waals surface area contributed by atoms with Crippen molar-refractivity contribution in [3.63, 3.8) is 0 Å². The molecule has 0 saturated heterocycles. The fourth-order valence-corrected chi connectivity index (χ4v) is 5.20. The zero-order chi connectivity index (χ0) is 14.8. The molecule has 1 unspecified atom stereocenters. The Morgan fingerprint density at radius 1 is 1.40 bits per heavy atom. The van der Waals surface area contributed by atoms with Crippen LogP contribution in [0.2, 0.25) is 19.1 Å². The van der Waals surface area contributed by atoms with Crippen LogP contribution in [0.1, 0.15) is 32.6 Å². The van der Waals surface area contributed by atoms with Crippen molar-refractivity contribution in [1.82, 2.24) is 0 Å². The van der Waals surface area contributed by atoms with E-state index in [4.69, 9.17) is 9.47 Å². The predicted molar refractivity (Wildman–Crippen MR) is 78.8 cm³/mol. The maximum absolute atomic E-state index is 11.7. The third kappa shape index (κ3) is 4.47. The van der Waals surface area contributed by atoms with E-state index < -0.39 is 14.0 Å². The molecule has 1 atom stereocenters. The summed E-state index contributed by atoms with van der Waals surface area (Å²) in [5, 5.41) is 0. The highest BCUT2D eigenvalue weighted by molar-refractivity contribution is 6.82. The molecule has 0 aromatic carbocycles. The Hall–Kier alpha value is -1.10. The molecule has 4 nitrogen and oxygen atoms in total. The van der Waals surface area contributed by atoms with E-state index in [1.54, 1.807) is 0 Å². The third-order valence-electron chi connectivity index (χ3n) is 3.94. The number of hydrogen-bond acceptors (Lipinski definition) is 4. The number of ether oxygens (including phenoxy) is 2. The molecular formula is C15H24O4Si. The summed E-state index contributed by atoms with van der Waals surface area (Å²) in [4.78, 5) is 23.0. The Kier molecular flexibility index (Phi) is 4.68. The van der Waals surface area contributed by atoms with Gasteiger partial charge in [-0.1, -0.05) is 31.3 Å². The molecule has 0 bridgehead atoms. The van der Waals surface area contributed by atoms with Crippen LogP contribution in [0.4, 0.5) is 0 Å². The summed E-state index contributed by atoms with van der Waals surface area (Å²) in [6.07, 6.45) is 3.76. The molecular weight excluding hydrogens is 272 g/mol. The molecule has 1 heterocycles. The van der Waals surface area contributed by atoms with E-state index in [0.29, 0.717) is 0 Å². The predicted octanol–water partition coefficient (Wildman–Crippen LogP) is 2.84. The van der Waals surface area contributed by atoms with Crippen molar-refractivity contribution in [2.45, 2.75) is 57.8 Å². The summed E-state index contributed by atoms with van der Waals surface area (Å²) in [5.74, 6) is -0.689. The lowest BCUT2D eigenvalue weighted by atomic mass is 10.1. The van der Waals surface area contributed by atoms with Gasteiger partial charge < -0.3 is 9.47 Å². The van der Waals surface area contributed by atoms with E-state index in [1.165, 1.54) is 18.0 Å². The minimum Gasteiger partial charge on any atom is -0.456 e. The van der Waals surface area contributed by atoms with Crippen molar-refractivity contribution in [3.05, 3.63) is 11.3 Å². The monoisotopic (exact) mass is 296 g/mol. The molecule has 0 aromatic heterocycles. The topological polar surface area (TPSA) is 52.6 Å². The first-order valence-electron chi connectivity index (χ1n) is 7.45. The molecule has 2 aliphatic rings. The van der Waals surface area contributed by atoms with E-state index in [0.717, 1.165) is 19.3 Å². The van der Waals surface area contributed by atoms with Crippen molar-refractivity contribution in [2.75, 3.05) is 6.61 Å². The fourth-order valence-electron chi connectivity index (χ4n) is 2.59. The van der Waals surface area contributed by atoms with Gasteiger partial charge in [0.2, 0.25) is 0 Å². The van der Waals surface area contributed by atoms with Crippen LogP contribution in [0.15, 0.2) is 11.3 Å². The largest absolute Gasteiger partial charge is 0.456 e. The smallest absolute Gasteiger partial charge is 0.344 e. The van der Waals surface area contributed by atoms with Crippen LogP contribution in [0.3, 0.4) is 0 Å². The van der Waals surface area contributed by atoms with Gasteiger partial charge in [-0.05, 0) is 31.8 Å². The summed E-state index contributed by atoms with van der Waals surface area (Å²) in [6.45, 7) is 6.31. The summed E-state index contributed by atoms with van der Waals surface area (Å²) < 4.78 is 10.3. The molecule has 20 heavy (non-hydrogen) atoms. The number of rotatable bonds is 5. The molecule has 0 N–H and O–H groups in total. The summed E-state index contributed by atoms with van der Waals surface area (Å²) in [6, 6.07) is 1.30. The van der Waals surface area contributed by atoms with Gasteiger partial charge in [0.1, 0.15) is 6.10 Å². The van der Waals surface area contributed by atoms with Crippen molar-refractivity contribution in [2.24, 2.45) is 5.92 Å². The first-order chi connectivity index (χ1) is 9.37. The quantitative estimate of drug-likeness (QED) is 0.578. The van der Waals surface area contributed by atoms with Crippen molar-refractivity contribution in [3.8, 4) is 0 Å².